The molecule has 1 aliphatic carbocycles. The van der Waals surface area contributed by atoms with Gasteiger partial charge in [-0.3, -0.25) is 0 Å². The van der Waals surface area contributed by atoms with Gasteiger partial charge in [-0.1, -0.05) is 36.2 Å². The average molecular weight is 307 g/mol. The zero-order valence-corrected chi connectivity index (χ0v) is 13.3. The molecule has 0 bridgehead atoms. The van der Waals surface area contributed by atoms with Gasteiger partial charge in [0.25, 0.3) is 0 Å². The lowest BCUT2D eigenvalue weighted by atomic mass is 9.77. The Morgan fingerprint density at radius 3 is 2.65 bits per heavy atom. The second-order valence-electron chi connectivity index (χ2n) is 6.84. The number of rotatable bonds is 2. The minimum absolute atomic E-state index is 0.278. The summed E-state index contributed by atoms with van der Waals surface area (Å²) in [4.78, 5) is 11.1. The highest BCUT2D eigenvalue weighted by Crippen LogP contribution is 2.52. The van der Waals surface area contributed by atoms with Crippen LogP contribution in [0, 0.1) is 12.8 Å². The first kappa shape index (κ1) is 14.3. The van der Waals surface area contributed by atoms with Gasteiger partial charge in [0.2, 0.25) is 0 Å². The number of aromatic carboxylic acids is 1. The molecule has 1 fully saturated rings. The quantitative estimate of drug-likeness (QED) is 0.842. The van der Waals surface area contributed by atoms with Crippen molar-refractivity contribution in [3.05, 3.63) is 64.7 Å². The number of aryl methyl sites for hydroxylation is 1. The molecular weight excluding hydrogens is 286 g/mol. The van der Waals surface area contributed by atoms with Crippen molar-refractivity contribution in [3.8, 4) is 0 Å². The van der Waals surface area contributed by atoms with Crippen molar-refractivity contribution in [1.82, 2.24) is 0 Å². The third-order valence-electron chi connectivity index (χ3n) is 5.43. The van der Waals surface area contributed by atoms with E-state index in [9.17, 15) is 4.79 Å². The van der Waals surface area contributed by atoms with Crippen molar-refractivity contribution in [3.63, 3.8) is 0 Å². The van der Waals surface area contributed by atoms with E-state index in [2.05, 4.69) is 30.4 Å². The molecule has 118 valence electrons. The smallest absolute Gasteiger partial charge is 0.335 e. The molecule has 0 aromatic heterocycles. The predicted octanol–water partition coefficient (Wildman–Crippen LogP) is 4.74. The first-order chi connectivity index (χ1) is 11.1. The van der Waals surface area contributed by atoms with Gasteiger partial charge in [0.05, 0.1) is 11.6 Å². The summed E-state index contributed by atoms with van der Waals surface area (Å²) in [6.45, 7) is 2.15. The maximum atomic E-state index is 11.1. The molecule has 1 aliphatic heterocycles. The molecule has 0 spiro atoms. The Hall–Kier alpha value is -2.29. The number of nitrogens with one attached hydrogen (secondary N) is 1. The predicted molar refractivity (Wildman–Crippen MR) is 91.0 cm³/mol. The van der Waals surface area contributed by atoms with Gasteiger partial charge in [0, 0.05) is 5.69 Å². The van der Waals surface area contributed by atoms with Crippen LogP contribution in [0.3, 0.4) is 0 Å². The Balaban J connectivity index is 1.72. The highest BCUT2D eigenvalue weighted by Gasteiger charge is 2.40. The molecular formula is C20H21NO2. The van der Waals surface area contributed by atoms with Crippen molar-refractivity contribution in [2.75, 3.05) is 5.32 Å². The van der Waals surface area contributed by atoms with Gasteiger partial charge < -0.3 is 10.4 Å². The summed E-state index contributed by atoms with van der Waals surface area (Å²) in [5.41, 5.74) is 5.57. The van der Waals surface area contributed by atoms with E-state index < -0.39 is 5.97 Å². The molecule has 4 rings (SSSR count). The lowest BCUT2D eigenvalue weighted by molar-refractivity contribution is 0.0697. The fourth-order valence-corrected chi connectivity index (χ4v) is 4.33. The van der Waals surface area contributed by atoms with Gasteiger partial charge in [-0.05, 0) is 60.9 Å². The standard InChI is InChI=1S/C20H21NO2/c1-12-5-10-18-17(11-12)15-3-2-4-16(15)19(21-18)13-6-8-14(9-7-13)20(22)23/h5-11,15-16,19,21H,2-4H2,1H3,(H,22,23)/t15-,16+,19-/m1/s1. The van der Waals surface area contributed by atoms with Gasteiger partial charge in [-0.2, -0.15) is 0 Å². The SMILES string of the molecule is Cc1ccc2c(c1)[C@@H]1CCC[C@@H]1[C@@H](c1ccc(C(=O)O)cc1)N2. The molecule has 0 unspecified atom stereocenters. The first-order valence-corrected chi connectivity index (χ1v) is 8.34. The van der Waals surface area contributed by atoms with Crippen molar-refractivity contribution in [1.29, 1.82) is 0 Å². The highest BCUT2D eigenvalue weighted by atomic mass is 16.4. The number of hydrogen-bond donors (Lipinski definition) is 2. The van der Waals surface area contributed by atoms with E-state index in [0.717, 1.165) is 0 Å². The van der Waals surface area contributed by atoms with E-state index in [1.165, 1.54) is 41.6 Å². The summed E-state index contributed by atoms with van der Waals surface area (Å²) < 4.78 is 0. The summed E-state index contributed by atoms with van der Waals surface area (Å²) in [5.74, 6) is 0.350. The molecule has 3 atom stereocenters. The van der Waals surface area contributed by atoms with Crippen LogP contribution in [0.2, 0.25) is 0 Å². The Bertz CT molecular complexity index is 751. The fraction of sp³-hybridized carbons (Fsp3) is 0.350. The minimum atomic E-state index is -0.868. The van der Waals surface area contributed by atoms with Crippen LogP contribution in [0.4, 0.5) is 5.69 Å². The van der Waals surface area contributed by atoms with Crippen molar-refractivity contribution in [2.45, 2.75) is 38.1 Å². The first-order valence-electron chi connectivity index (χ1n) is 8.34. The molecule has 1 heterocycles. The number of carboxylic acid groups (broad SMARTS) is 1. The number of benzene rings is 2. The maximum absolute atomic E-state index is 11.1. The molecule has 2 aromatic rings. The molecule has 2 N–H and O–H groups in total. The van der Waals surface area contributed by atoms with Gasteiger partial charge >= 0.3 is 5.97 Å². The van der Waals surface area contributed by atoms with Crippen LogP contribution in [0.5, 0.6) is 0 Å². The molecule has 23 heavy (non-hydrogen) atoms. The largest absolute Gasteiger partial charge is 0.478 e. The number of hydrogen-bond acceptors (Lipinski definition) is 2. The van der Waals surface area contributed by atoms with Crippen LogP contribution < -0.4 is 5.32 Å². The molecule has 3 nitrogen and oxygen atoms in total. The molecule has 0 amide bonds. The third-order valence-corrected chi connectivity index (χ3v) is 5.43. The Labute approximate surface area is 136 Å². The normalized spacial score (nSPS) is 25.3. The second kappa shape index (κ2) is 5.41. The molecule has 2 aromatic carbocycles. The third kappa shape index (κ3) is 2.40. The van der Waals surface area contributed by atoms with E-state index in [1.54, 1.807) is 12.1 Å². The molecule has 0 saturated heterocycles. The van der Waals surface area contributed by atoms with Gasteiger partial charge in [0.15, 0.2) is 0 Å². The van der Waals surface area contributed by atoms with E-state index in [4.69, 9.17) is 5.11 Å². The summed E-state index contributed by atoms with van der Waals surface area (Å²) in [7, 11) is 0. The van der Waals surface area contributed by atoms with Crippen molar-refractivity contribution in [2.24, 2.45) is 5.92 Å². The summed E-state index contributed by atoms with van der Waals surface area (Å²) in [6.07, 6.45) is 3.76. The monoisotopic (exact) mass is 307 g/mol. The number of carboxylic acids is 1. The van der Waals surface area contributed by atoms with Gasteiger partial charge in [-0.15, -0.1) is 0 Å². The second-order valence-corrected chi connectivity index (χ2v) is 6.84. The van der Waals surface area contributed by atoms with E-state index in [0.29, 0.717) is 17.4 Å². The molecule has 2 aliphatic rings. The van der Waals surface area contributed by atoms with E-state index in [-0.39, 0.29) is 6.04 Å². The van der Waals surface area contributed by atoms with Gasteiger partial charge in [-0.25, -0.2) is 4.79 Å². The highest BCUT2D eigenvalue weighted by molar-refractivity contribution is 5.87. The van der Waals surface area contributed by atoms with Crippen LogP contribution >= 0.6 is 0 Å². The maximum Gasteiger partial charge on any atom is 0.335 e. The van der Waals surface area contributed by atoms with Crippen molar-refractivity contribution < 1.29 is 9.90 Å². The zero-order chi connectivity index (χ0) is 16.0. The van der Waals surface area contributed by atoms with E-state index in [1.807, 2.05) is 12.1 Å². The van der Waals surface area contributed by atoms with Crippen molar-refractivity contribution >= 4 is 11.7 Å². The molecule has 0 radical (unpaired) electrons. The number of anilines is 1. The Kier molecular flexibility index (Phi) is 3.37. The number of carbonyl (C=O) groups is 1. The fourth-order valence-electron chi connectivity index (χ4n) is 4.33. The van der Waals surface area contributed by atoms with E-state index >= 15 is 0 Å². The van der Waals surface area contributed by atoms with Gasteiger partial charge in [0.1, 0.15) is 0 Å². The average Bonchev–Trinajstić information content (AvgIpc) is 3.04. The van der Waals surface area contributed by atoms with Crippen LogP contribution in [0.15, 0.2) is 42.5 Å². The van der Waals surface area contributed by atoms with Crippen LogP contribution in [-0.2, 0) is 0 Å². The van der Waals surface area contributed by atoms with Crippen LogP contribution in [0.1, 0.15) is 58.3 Å². The molecule has 3 heteroatoms. The summed E-state index contributed by atoms with van der Waals surface area (Å²) in [5, 5.41) is 12.8. The zero-order valence-electron chi connectivity index (χ0n) is 13.3. The lowest BCUT2D eigenvalue weighted by Gasteiger charge is -2.38. The lowest BCUT2D eigenvalue weighted by Crippen LogP contribution is -2.28. The molecule has 1 saturated carbocycles. The van der Waals surface area contributed by atoms with Crippen LogP contribution in [-0.4, -0.2) is 11.1 Å². The summed E-state index contributed by atoms with van der Waals surface area (Å²) >= 11 is 0. The Morgan fingerprint density at radius 1 is 1.13 bits per heavy atom. The minimum Gasteiger partial charge on any atom is -0.478 e. The number of fused-ring (bicyclic) bond motifs is 3. The topological polar surface area (TPSA) is 49.3 Å². The summed E-state index contributed by atoms with van der Waals surface area (Å²) in [6, 6.07) is 14.3. The van der Waals surface area contributed by atoms with Crippen LogP contribution in [0.25, 0.3) is 0 Å². The Morgan fingerprint density at radius 2 is 1.91 bits per heavy atom.